The molecule has 2 N–H and O–H groups in total. The summed E-state index contributed by atoms with van der Waals surface area (Å²) in [6.45, 7) is 0. The Hall–Kier alpha value is -1.56. The molecule has 0 spiro atoms. The molecule has 0 aromatic carbocycles. The number of hydrogen-bond acceptors (Lipinski definition) is 4. The molecule has 12 heavy (non-hydrogen) atoms. The molecule has 0 radical (unpaired) electrons. The number of hydroxylamine groups is 2. The molecule has 6 heteroatoms. The second kappa shape index (κ2) is 3.22. The van der Waals surface area contributed by atoms with Gasteiger partial charge in [-0.15, -0.1) is 0 Å². The summed E-state index contributed by atoms with van der Waals surface area (Å²) >= 11 is 0. The van der Waals surface area contributed by atoms with E-state index in [0.29, 0.717) is 5.06 Å². The minimum Gasteiger partial charge on any atom is -0.481 e. The van der Waals surface area contributed by atoms with Crippen LogP contribution in [-0.4, -0.2) is 40.5 Å². The van der Waals surface area contributed by atoms with E-state index in [0.717, 1.165) is 0 Å². The number of H-pyrrole nitrogens is 1. The summed E-state index contributed by atoms with van der Waals surface area (Å²) in [4.78, 5) is 11.1. The van der Waals surface area contributed by atoms with Crippen molar-refractivity contribution in [3.8, 4) is 5.88 Å². The van der Waals surface area contributed by atoms with Crippen molar-refractivity contribution >= 4 is 5.91 Å². The monoisotopic (exact) mass is 171 g/mol. The van der Waals surface area contributed by atoms with E-state index in [4.69, 9.17) is 9.94 Å². The number of nitrogens with one attached hydrogen (secondary N) is 1. The van der Waals surface area contributed by atoms with E-state index in [2.05, 4.69) is 10.2 Å². The lowest BCUT2D eigenvalue weighted by atomic mass is 10.3. The molecule has 0 saturated heterocycles. The van der Waals surface area contributed by atoms with Gasteiger partial charge in [0.1, 0.15) is 5.56 Å². The van der Waals surface area contributed by atoms with Crippen LogP contribution in [0.25, 0.3) is 0 Å². The van der Waals surface area contributed by atoms with Gasteiger partial charge in [0.05, 0.1) is 13.3 Å². The van der Waals surface area contributed by atoms with Gasteiger partial charge < -0.3 is 4.74 Å². The summed E-state index contributed by atoms with van der Waals surface area (Å²) in [7, 11) is 2.64. The van der Waals surface area contributed by atoms with E-state index in [1.165, 1.54) is 20.4 Å². The molecule has 0 aliphatic carbocycles. The van der Waals surface area contributed by atoms with Crippen LogP contribution in [0.2, 0.25) is 0 Å². The summed E-state index contributed by atoms with van der Waals surface area (Å²) in [5.41, 5.74) is 0.197. The standard InChI is InChI=1S/C6H9N3O3/c1-9(11)6(10)4-3-7-8-5(4)12-2/h3,11H,1-2H3,(H,7,8). The van der Waals surface area contributed by atoms with E-state index >= 15 is 0 Å². The number of ether oxygens (including phenoxy) is 1. The Balaban J connectivity index is 2.94. The Morgan fingerprint density at radius 1 is 1.83 bits per heavy atom. The van der Waals surface area contributed by atoms with Gasteiger partial charge in [0.15, 0.2) is 0 Å². The van der Waals surface area contributed by atoms with Gasteiger partial charge in [-0.3, -0.25) is 10.0 Å². The zero-order valence-corrected chi connectivity index (χ0v) is 6.74. The highest BCUT2D eigenvalue weighted by atomic mass is 16.5. The molecule has 0 bridgehead atoms. The lowest BCUT2D eigenvalue weighted by molar-refractivity contribution is -0.0376. The molecule has 6 nitrogen and oxygen atoms in total. The fourth-order valence-corrected chi connectivity index (χ4v) is 0.757. The number of carbonyl (C=O) groups is 1. The molecule has 1 rings (SSSR count). The Morgan fingerprint density at radius 2 is 2.50 bits per heavy atom. The van der Waals surface area contributed by atoms with E-state index in [1.54, 1.807) is 0 Å². The predicted octanol–water partition coefficient (Wildman–Crippen LogP) is -0.120. The first-order valence-electron chi connectivity index (χ1n) is 3.21. The first-order chi connectivity index (χ1) is 5.66. The average Bonchev–Trinajstić information content (AvgIpc) is 2.49. The van der Waals surface area contributed by atoms with Crippen LogP contribution < -0.4 is 4.74 Å². The molecule has 1 aromatic heterocycles. The summed E-state index contributed by atoms with van der Waals surface area (Å²) in [6, 6.07) is 0. The van der Waals surface area contributed by atoms with Gasteiger partial charge in [-0.25, -0.2) is 10.2 Å². The van der Waals surface area contributed by atoms with Gasteiger partial charge in [-0.05, 0) is 0 Å². The van der Waals surface area contributed by atoms with Gasteiger partial charge in [0, 0.05) is 7.05 Å². The number of hydrogen-bond donors (Lipinski definition) is 2. The fraction of sp³-hybridized carbons (Fsp3) is 0.333. The van der Waals surface area contributed by atoms with E-state index in [1.807, 2.05) is 0 Å². The van der Waals surface area contributed by atoms with Crippen molar-refractivity contribution in [1.29, 1.82) is 0 Å². The summed E-state index contributed by atoms with van der Waals surface area (Å²) in [6.07, 6.45) is 1.29. The quantitative estimate of drug-likeness (QED) is 0.480. The SMILES string of the molecule is COc1[nH]ncc1C(=O)N(C)O. The van der Waals surface area contributed by atoms with Crippen LogP contribution in [0, 0.1) is 0 Å². The van der Waals surface area contributed by atoms with Gasteiger partial charge in [0.25, 0.3) is 5.91 Å². The zero-order valence-electron chi connectivity index (χ0n) is 6.74. The Labute approximate surface area is 68.7 Å². The van der Waals surface area contributed by atoms with Crippen molar-refractivity contribution in [1.82, 2.24) is 15.3 Å². The molecule has 1 heterocycles. The number of rotatable bonds is 2. The van der Waals surface area contributed by atoms with Crippen molar-refractivity contribution < 1.29 is 14.7 Å². The molecular formula is C6H9N3O3. The maximum Gasteiger partial charge on any atom is 0.284 e. The number of amides is 1. The van der Waals surface area contributed by atoms with Crippen LogP contribution >= 0.6 is 0 Å². The minimum absolute atomic E-state index is 0.197. The second-order valence-electron chi connectivity index (χ2n) is 2.15. The number of carbonyl (C=O) groups excluding carboxylic acids is 1. The minimum atomic E-state index is -0.569. The largest absolute Gasteiger partial charge is 0.481 e. The molecule has 0 fully saturated rings. The topological polar surface area (TPSA) is 78.5 Å². The highest BCUT2D eigenvalue weighted by Crippen LogP contribution is 2.13. The number of aromatic amines is 1. The van der Waals surface area contributed by atoms with Crippen molar-refractivity contribution in [3.05, 3.63) is 11.8 Å². The van der Waals surface area contributed by atoms with Crippen molar-refractivity contribution in [2.75, 3.05) is 14.2 Å². The van der Waals surface area contributed by atoms with E-state index in [-0.39, 0.29) is 11.4 Å². The smallest absolute Gasteiger partial charge is 0.284 e. The zero-order chi connectivity index (χ0) is 9.14. The molecule has 66 valence electrons. The van der Waals surface area contributed by atoms with Gasteiger partial charge in [-0.2, -0.15) is 5.10 Å². The van der Waals surface area contributed by atoms with Gasteiger partial charge >= 0.3 is 0 Å². The van der Waals surface area contributed by atoms with Crippen molar-refractivity contribution in [2.24, 2.45) is 0 Å². The lowest BCUT2D eigenvalue weighted by Crippen LogP contribution is -2.22. The molecule has 0 aliphatic heterocycles. The van der Waals surface area contributed by atoms with E-state index < -0.39 is 5.91 Å². The van der Waals surface area contributed by atoms with Crippen LogP contribution in [0.1, 0.15) is 10.4 Å². The van der Waals surface area contributed by atoms with Crippen LogP contribution in [-0.2, 0) is 0 Å². The maximum absolute atomic E-state index is 11.1. The van der Waals surface area contributed by atoms with Crippen molar-refractivity contribution in [3.63, 3.8) is 0 Å². The number of aromatic nitrogens is 2. The van der Waals surface area contributed by atoms with Crippen molar-refractivity contribution in [2.45, 2.75) is 0 Å². The Morgan fingerprint density at radius 3 is 3.00 bits per heavy atom. The summed E-state index contributed by atoms with van der Waals surface area (Å²) < 4.78 is 4.78. The molecule has 0 atom stereocenters. The summed E-state index contributed by atoms with van der Waals surface area (Å²) in [5.74, 6) is -0.332. The Bertz CT molecular complexity index is 281. The first-order valence-corrected chi connectivity index (χ1v) is 3.21. The third-order valence-corrected chi connectivity index (χ3v) is 1.33. The highest BCUT2D eigenvalue weighted by Gasteiger charge is 2.16. The van der Waals surface area contributed by atoms with Crippen LogP contribution in [0.3, 0.4) is 0 Å². The normalized spacial score (nSPS) is 9.58. The molecule has 1 aromatic rings. The second-order valence-corrected chi connectivity index (χ2v) is 2.15. The maximum atomic E-state index is 11.1. The summed E-state index contributed by atoms with van der Waals surface area (Å²) in [5, 5.41) is 15.3. The molecule has 0 unspecified atom stereocenters. The van der Waals surface area contributed by atoms with E-state index in [9.17, 15) is 4.79 Å². The number of methoxy groups -OCH3 is 1. The highest BCUT2D eigenvalue weighted by molar-refractivity contribution is 5.95. The fourth-order valence-electron chi connectivity index (χ4n) is 0.757. The molecule has 1 amide bonds. The van der Waals surface area contributed by atoms with Gasteiger partial charge in [-0.1, -0.05) is 0 Å². The first kappa shape index (κ1) is 8.54. The third-order valence-electron chi connectivity index (χ3n) is 1.33. The van der Waals surface area contributed by atoms with Crippen LogP contribution in [0.15, 0.2) is 6.20 Å². The Kier molecular flexibility index (Phi) is 2.29. The van der Waals surface area contributed by atoms with Crippen LogP contribution in [0.5, 0.6) is 5.88 Å². The van der Waals surface area contributed by atoms with Gasteiger partial charge in [0.2, 0.25) is 5.88 Å². The average molecular weight is 171 g/mol. The molecular weight excluding hydrogens is 162 g/mol. The lowest BCUT2D eigenvalue weighted by Gasteiger charge is -2.06. The number of nitrogens with zero attached hydrogens (tertiary/aromatic N) is 2. The van der Waals surface area contributed by atoms with Crippen LogP contribution in [0.4, 0.5) is 0 Å². The molecule has 0 saturated carbocycles. The third kappa shape index (κ3) is 1.37. The molecule has 0 aliphatic rings. The predicted molar refractivity (Wildman–Crippen MR) is 39.0 cm³/mol.